The number of hydrogen-bond donors (Lipinski definition) is 7. The van der Waals surface area contributed by atoms with Gasteiger partial charge >= 0.3 is 11.9 Å². The van der Waals surface area contributed by atoms with Gasteiger partial charge in [-0.25, -0.2) is 31.3 Å². The lowest BCUT2D eigenvalue weighted by Crippen LogP contribution is -2.72. The van der Waals surface area contributed by atoms with Crippen LogP contribution in [0.15, 0.2) is 56.6 Å². The van der Waals surface area contributed by atoms with E-state index in [0.29, 0.717) is 35.3 Å². The lowest BCUT2D eigenvalue weighted by atomic mass is 10.4. The first-order valence-electron chi connectivity index (χ1n) is 11.3. The Bertz CT molecular complexity index is 1560. The maximum atomic E-state index is 12.7. The number of carboxylic acid groups (broad SMARTS) is 2. The summed E-state index contributed by atoms with van der Waals surface area (Å²) in [7, 11) is -6.61. The predicted molar refractivity (Wildman–Crippen MR) is 156 cm³/mol. The molecule has 16 nitrogen and oxygen atoms in total. The Labute approximate surface area is 250 Å². The number of aliphatic carboxylic acids is 2. The number of nitrogens with two attached hydrogens (primary N) is 2. The van der Waals surface area contributed by atoms with Gasteiger partial charge < -0.3 is 31.8 Å². The van der Waals surface area contributed by atoms with Crippen LogP contribution in [-0.4, -0.2) is 76.7 Å². The summed E-state index contributed by atoms with van der Waals surface area (Å²) in [6.07, 6.45) is 6.01. The molecule has 0 aliphatic carbocycles. The van der Waals surface area contributed by atoms with E-state index in [1.54, 1.807) is 11.8 Å². The number of benzene rings is 1. The summed E-state index contributed by atoms with van der Waals surface area (Å²) in [4.78, 5) is 29.5. The molecular formula is C22H28N8O8S4. The molecule has 0 saturated carbocycles. The molecule has 9 N–H and O–H groups in total. The molecule has 0 saturated heterocycles. The first-order valence-corrected chi connectivity index (χ1v) is 16.3. The third kappa shape index (κ3) is 14.0. The number of sulfonamides is 2. The van der Waals surface area contributed by atoms with Crippen LogP contribution in [0.1, 0.15) is 5.69 Å². The van der Waals surface area contributed by atoms with Crippen LogP contribution >= 0.6 is 23.1 Å². The Hall–Kier alpha value is -4.16. The summed E-state index contributed by atoms with van der Waals surface area (Å²) in [5.74, 6) is 0.725. The smallest absolute Gasteiger partial charge is 0.328 e. The molecule has 42 heavy (non-hydrogen) atoms. The second-order valence-corrected chi connectivity index (χ2v) is 12.8. The van der Waals surface area contributed by atoms with Crippen molar-refractivity contribution in [3.8, 4) is 12.3 Å². The number of carbonyl (C=O) groups excluding carboxylic acids is 1. The minimum Gasteiger partial charge on any atom is -0.545 e. The summed E-state index contributed by atoms with van der Waals surface area (Å²) in [5.41, 5.74) is 11.6. The number of nitrogens with zero attached hydrogens (tertiary/aromatic N) is 2. The number of terminal acetylenes is 1. The van der Waals surface area contributed by atoms with Gasteiger partial charge in [-0.1, -0.05) is 23.3 Å². The third-order valence-corrected chi connectivity index (χ3v) is 8.73. The molecule has 20 heteroatoms. The maximum Gasteiger partial charge on any atom is 0.328 e. The second kappa shape index (κ2) is 17.6. The van der Waals surface area contributed by atoms with Crippen LogP contribution in [0.5, 0.6) is 0 Å². The van der Waals surface area contributed by atoms with Crippen molar-refractivity contribution >= 4 is 72.1 Å². The molecule has 0 spiro atoms. The molecule has 0 unspecified atom stereocenters. The van der Waals surface area contributed by atoms with Gasteiger partial charge in [0, 0.05) is 36.6 Å². The molecule has 2 rings (SSSR count). The first kappa shape index (κ1) is 35.9. The highest BCUT2D eigenvalue weighted by Gasteiger charge is 2.20. The van der Waals surface area contributed by atoms with Crippen molar-refractivity contribution in [2.75, 3.05) is 25.9 Å². The lowest BCUT2D eigenvalue weighted by Gasteiger charge is -2.13. The SMILES string of the molecule is C#CCNS(=O)(=O)c1cccc(S(=O)(=O)NC(=NC)NCCSCc2csc([NH+]=C(N)N)n2)c1.O=C([O-])/C=C/C(=O)O. The molecule has 2 aromatic rings. The Kier molecular flexibility index (Phi) is 15.0. The minimum absolute atomic E-state index is 0.0217. The molecule has 1 heterocycles. The van der Waals surface area contributed by atoms with E-state index in [9.17, 15) is 31.5 Å². The second-order valence-electron chi connectivity index (χ2n) is 7.38. The van der Waals surface area contributed by atoms with Gasteiger partial charge in [0.1, 0.15) is 5.69 Å². The topological polar surface area (TPSA) is 273 Å². The lowest BCUT2D eigenvalue weighted by molar-refractivity contribution is -0.355. The first-order chi connectivity index (χ1) is 19.7. The zero-order chi connectivity index (χ0) is 31.8. The molecular weight excluding hydrogens is 633 g/mol. The molecule has 1 aromatic heterocycles. The number of carboxylic acids is 2. The van der Waals surface area contributed by atoms with Crippen LogP contribution in [0.2, 0.25) is 0 Å². The zero-order valence-corrected chi connectivity index (χ0v) is 25.2. The fourth-order valence-electron chi connectivity index (χ4n) is 2.49. The van der Waals surface area contributed by atoms with Crippen molar-refractivity contribution in [3.05, 3.63) is 47.5 Å². The van der Waals surface area contributed by atoms with Gasteiger partial charge in [-0.15, -0.1) is 11.4 Å². The van der Waals surface area contributed by atoms with E-state index in [4.69, 9.17) is 23.0 Å². The normalized spacial score (nSPS) is 11.6. The summed E-state index contributed by atoms with van der Waals surface area (Å²) < 4.78 is 54.4. The van der Waals surface area contributed by atoms with Crippen LogP contribution < -0.4 is 36.3 Å². The highest BCUT2D eigenvalue weighted by molar-refractivity contribution is 7.98. The van der Waals surface area contributed by atoms with Crippen molar-refractivity contribution in [1.82, 2.24) is 19.7 Å². The minimum atomic E-state index is -4.09. The van der Waals surface area contributed by atoms with E-state index in [0.717, 1.165) is 11.8 Å². The van der Waals surface area contributed by atoms with Crippen LogP contribution in [0.3, 0.4) is 0 Å². The van der Waals surface area contributed by atoms with Crippen LogP contribution in [-0.2, 0) is 35.4 Å². The number of thiazole rings is 1. The highest BCUT2D eigenvalue weighted by Crippen LogP contribution is 2.17. The van der Waals surface area contributed by atoms with E-state index in [1.807, 2.05) is 5.38 Å². The molecule has 0 atom stereocenters. The number of hydrogen-bond acceptors (Lipinski definition) is 11. The quantitative estimate of drug-likeness (QED) is 0.0358. The van der Waals surface area contributed by atoms with E-state index in [1.165, 1.54) is 36.6 Å². The Morgan fingerprint density at radius 2 is 1.90 bits per heavy atom. The van der Waals surface area contributed by atoms with Crippen molar-refractivity contribution < 1.29 is 41.6 Å². The van der Waals surface area contributed by atoms with Gasteiger partial charge in [-0.05, 0) is 24.3 Å². The van der Waals surface area contributed by atoms with E-state index >= 15 is 0 Å². The summed E-state index contributed by atoms with van der Waals surface area (Å²) >= 11 is 2.96. The van der Waals surface area contributed by atoms with E-state index in [2.05, 4.69) is 35.7 Å². The van der Waals surface area contributed by atoms with Crippen molar-refractivity contribution in [2.45, 2.75) is 15.5 Å². The molecule has 0 fully saturated rings. The van der Waals surface area contributed by atoms with E-state index in [-0.39, 0.29) is 28.3 Å². The molecule has 1 aromatic carbocycles. The number of aromatic nitrogens is 1. The van der Waals surface area contributed by atoms with Crippen molar-refractivity contribution in [2.24, 2.45) is 16.5 Å². The average molecular weight is 661 g/mol. The highest BCUT2D eigenvalue weighted by atomic mass is 32.2. The average Bonchev–Trinajstić information content (AvgIpc) is 3.36. The fourth-order valence-corrected chi connectivity index (χ4v) is 6.20. The Balaban J connectivity index is 0.000000962. The monoisotopic (exact) mass is 660 g/mol. The molecule has 0 radical (unpaired) electrons. The van der Waals surface area contributed by atoms with Crippen LogP contribution in [0, 0.1) is 12.3 Å². The van der Waals surface area contributed by atoms with Gasteiger partial charge in [0.15, 0.2) is 0 Å². The molecule has 228 valence electrons. The van der Waals surface area contributed by atoms with Crippen LogP contribution in [0.4, 0.5) is 5.13 Å². The van der Waals surface area contributed by atoms with Gasteiger partial charge in [-0.2, -0.15) is 16.5 Å². The Morgan fingerprint density at radius 3 is 2.45 bits per heavy atom. The van der Waals surface area contributed by atoms with Gasteiger partial charge in [-0.3, -0.25) is 4.99 Å². The zero-order valence-electron chi connectivity index (χ0n) is 21.9. The number of carbonyl (C=O) groups is 2. The summed E-state index contributed by atoms with van der Waals surface area (Å²) in [5, 5.41) is 22.6. The fraction of sp³-hybridized carbons (Fsp3) is 0.227. The molecule has 0 amide bonds. The predicted octanol–water partition coefficient (Wildman–Crippen LogP) is -3.80. The third-order valence-electron chi connectivity index (χ3n) is 4.20. The molecule has 0 bridgehead atoms. The molecule has 0 aliphatic heterocycles. The number of aliphatic imine (C=N–C) groups is 1. The van der Waals surface area contributed by atoms with Crippen LogP contribution in [0.25, 0.3) is 0 Å². The maximum absolute atomic E-state index is 12.7. The standard InChI is InChI=1S/C18H24N8O4S4.C4H4O4/c1-3-7-23-33(27,28)14-5-4-6-15(10-14)34(29,30)26-17(21-2)22-8-9-31-11-13-12-32-18(24-13)25-16(19)20;5-3(6)1-2-4(7)8/h1,4-6,10,12,23H,7-9,11H2,2H3,(H2,21,22,26)(H4,19,20,24,25);1-2H,(H,5,6)(H,7,8)/b;2-1+. The Morgan fingerprint density at radius 1 is 1.24 bits per heavy atom. The van der Waals surface area contributed by atoms with Gasteiger partial charge in [0.05, 0.1) is 22.3 Å². The number of nitrogens with one attached hydrogen (secondary N) is 4. The summed E-state index contributed by atoms with van der Waals surface area (Å²) in [6.45, 7) is 0.205. The largest absolute Gasteiger partial charge is 0.545 e. The number of thioether (sulfide) groups is 1. The van der Waals surface area contributed by atoms with Gasteiger partial charge in [0.25, 0.3) is 15.2 Å². The number of rotatable bonds is 13. The molecule has 0 aliphatic rings. The number of guanidine groups is 2. The summed E-state index contributed by atoms with van der Waals surface area (Å²) in [6, 6.07) is 4.91. The van der Waals surface area contributed by atoms with Crippen molar-refractivity contribution in [1.29, 1.82) is 0 Å². The van der Waals surface area contributed by atoms with Gasteiger partial charge in [0.2, 0.25) is 16.0 Å². The van der Waals surface area contributed by atoms with E-state index < -0.39 is 32.0 Å². The van der Waals surface area contributed by atoms with Crippen molar-refractivity contribution in [3.63, 3.8) is 0 Å².